The van der Waals surface area contributed by atoms with Gasteiger partial charge in [0, 0.05) is 0 Å². The number of allylic oxidation sites excluding steroid dienone is 2. The molecular formula is C14H18O6. The van der Waals surface area contributed by atoms with Crippen molar-refractivity contribution in [1.29, 1.82) is 0 Å². The van der Waals surface area contributed by atoms with Crippen molar-refractivity contribution in [2.45, 2.75) is 39.9 Å². The predicted octanol–water partition coefficient (Wildman–Crippen LogP) is 1.46. The minimum Gasteiger partial charge on any atom is -0.485 e. The summed E-state index contributed by atoms with van der Waals surface area (Å²) in [5.74, 6) is -0.105. The van der Waals surface area contributed by atoms with E-state index < -0.39 is 24.1 Å². The fourth-order valence-electron chi connectivity index (χ4n) is 2.39. The Bertz CT molecular complexity index is 456. The molecule has 0 aromatic heterocycles. The van der Waals surface area contributed by atoms with Gasteiger partial charge in [0.2, 0.25) is 0 Å². The average molecular weight is 282 g/mol. The van der Waals surface area contributed by atoms with Crippen LogP contribution in [0.3, 0.4) is 0 Å². The minimum atomic E-state index is -0.631. The van der Waals surface area contributed by atoms with Crippen LogP contribution in [0.15, 0.2) is 22.7 Å². The first-order valence-electron chi connectivity index (χ1n) is 6.60. The highest BCUT2D eigenvalue weighted by molar-refractivity contribution is 5.95. The van der Waals surface area contributed by atoms with Gasteiger partial charge < -0.3 is 18.9 Å². The van der Waals surface area contributed by atoms with E-state index in [9.17, 15) is 9.59 Å². The summed E-state index contributed by atoms with van der Waals surface area (Å²) < 4.78 is 21.2. The number of carbonyl (C=O) groups is 2. The van der Waals surface area contributed by atoms with E-state index in [2.05, 4.69) is 0 Å². The summed E-state index contributed by atoms with van der Waals surface area (Å²) in [4.78, 5) is 23.9. The first-order valence-corrected chi connectivity index (χ1v) is 6.60. The highest BCUT2D eigenvalue weighted by Gasteiger charge is 2.50. The smallest absolute Gasteiger partial charge is 0.341 e. The fourth-order valence-corrected chi connectivity index (χ4v) is 2.39. The molecule has 0 bridgehead atoms. The third kappa shape index (κ3) is 2.26. The van der Waals surface area contributed by atoms with Gasteiger partial charge in [0.05, 0.1) is 13.2 Å². The second-order valence-electron chi connectivity index (χ2n) is 4.46. The normalized spacial score (nSPS) is 24.2. The van der Waals surface area contributed by atoms with Crippen molar-refractivity contribution in [2.75, 3.05) is 13.2 Å². The molecule has 2 aliphatic rings. The Hall–Kier alpha value is -1.98. The molecule has 0 aromatic carbocycles. The number of ether oxygens (including phenoxy) is 4. The van der Waals surface area contributed by atoms with Crippen LogP contribution < -0.4 is 0 Å². The average Bonchev–Trinajstić information content (AvgIpc) is 2.82. The van der Waals surface area contributed by atoms with Crippen LogP contribution >= 0.6 is 0 Å². The zero-order valence-electron chi connectivity index (χ0n) is 12.0. The first-order chi connectivity index (χ1) is 9.51. The second kappa shape index (κ2) is 5.56. The molecule has 2 aliphatic heterocycles. The summed E-state index contributed by atoms with van der Waals surface area (Å²) in [5.41, 5.74) is 0.658. The standard InChI is InChI=1S/C14H18O6/c1-5-17-13(15)9-7(3)19-12-10(14(16)18-6-2)8(4)20-11(9)12/h11-12H,5-6H2,1-4H3/t11-,12-/m0/s1. The molecule has 6 nitrogen and oxygen atoms in total. The van der Waals surface area contributed by atoms with Gasteiger partial charge in [0.25, 0.3) is 0 Å². The predicted molar refractivity (Wildman–Crippen MR) is 68.4 cm³/mol. The van der Waals surface area contributed by atoms with Gasteiger partial charge >= 0.3 is 11.9 Å². The lowest BCUT2D eigenvalue weighted by atomic mass is 10.0. The molecule has 0 N–H and O–H groups in total. The molecule has 2 rings (SSSR count). The van der Waals surface area contributed by atoms with E-state index >= 15 is 0 Å². The van der Waals surface area contributed by atoms with Crippen molar-refractivity contribution < 1.29 is 28.5 Å². The number of rotatable bonds is 4. The van der Waals surface area contributed by atoms with Gasteiger partial charge in [-0.25, -0.2) is 9.59 Å². The van der Waals surface area contributed by atoms with Crippen molar-refractivity contribution in [3.05, 3.63) is 22.7 Å². The molecule has 0 fully saturated rings. The lowest BCUT2D eigenvalue weighted by molar-refractivity contribution is -0.141. The number of hydrogen-bond acceptors (Lipinski definition) is 6. The van der Waals surface area contributed by atoms with Crippen molar-refractivity contribution in [3.63, 3.8) is 0 Å². The summed E-state index contributed by atoms with van der Waals surface area (Å²) in [5, 5.41) is 0. The molecule has 0 amide bonds. The van der Waals surface area contributed by atoms with Crippen molar-refractivity contribution in [3.8, 4) is 0 Å². The van der Waals surface area contributed by atoms with Crippen LogP contribution in [0, 0.1) is 0 Å². The van der Waals surface area contributed by atoms with E-state index in [4.69, 9.17) is 18.9 Å². The summed E-state index contributed by atoms with van der Waals surface area (Å²) in [7, 11) is 0. The quantitative estimate of drug-likeness (QED) is 0.727. The van der Waals surface area contributed by atoms with Crippen LogP contribution in [0.4, 0.5) is 0 Å². The molecule has 0 aliphatic carbocycles. The van der Waals surface area contributed by atoms with Crippen LogP contribution in [0.1, 0.15) is 27.7 Å². The minimum absolute atomic E-state index is 0.268. The van der Waals surface area contributed by atoms with Crippen LogP contribution in [0.5, 0.6) is 0 Å². The van der Waals surface area contributed by atoms with Gasteiger partial charge in [0.15, 0.2) is 12.2 Å². The Labute approximate surface area is 117 Å². The number of hydrogen-bond donors (Lipinski definition) is 0. The molecule has 0 spiro atoms. The van der Waals surface area contributed by atoms with Crippen molar-refractivity contribution in [2.24, 2.45) is 0 Å². The Balaban J connectivity index is 2.22. The largest absolute Gasteiger partial charge is 0.485 e. The van der Waals surface area contributed by atoms with Crippen LogP contribution in [0.25, 0.3) is 0 Å². The lowest BCUT2D eigenvalue weighted by Gasteiger charge is -2.13. The maximum Gasteiger partial charge on any atom is 0.341 e. The highest BCUT2D eigenvalue weighted by Crippen LogP contribution is 2.40. The highest BCUT2D eigenvalue weighted by atomic mass is 16.6. The van der Waals surface area contributed by atoms with E-state index in [0.29, 0.717) is 22.7 Å². The third-order valence-corrected chi connectivity index (χ3v) is 3.20. The Morgan fingerprint density at radius 1 is 0.900 bits per heavy atom. The molecule has 6 heteroatoms. The van der Waals surface area contributed by atoms with Gasteiger partial charge in [-0.3, -0.25) is 0 Å². The maximum atomic E-state index is 11.9. The van der Waals surface area contributed by atoms with E-state index in [1.165, 1.54) is 0 Å². The third-order valence-electron chi connectivity index (χ3n) is 3.20. The molecule has 0 saturated heterocycles. The van der Waals surface area contributed by atoms with Crippen LogP contribution in [-0.4, -0.2) is 37.4 Å². The van der Waals surface area contributed by atoms with Gasteiger partial charge in [-0.1, -0.05) is 0 Å². The topological polar surface area (TPSA) is 71.1 Å². The SMILES string of the molecule is CCOC(=O)C1=C(C)O[C@H]2C(C(=O)OCC)=C(C)O[C@@H]12. The monoisotopic (exact) mass is 282 g/mol. The Morgan fingerprint density at radius 2 is 1.25 bits per heavy atom. The fraction of sp³-hybridized carbons (Fsp3) is 0.571. The molecule has 20 heavy (non-hydrogen) atoms. The van der Waals surface area contributed by atoms with Crippen molar-refractivity contribution >= 4 is 11.9 Å². The van der Waals surface area contributed by atoms with Crippen LogP contribution in [-0.2, 0) is 28.5 Å². The molecule has 2 heterocycles. The zero-order chi connectivity index (χ0) is 14.9. The first kappa shape index (κ1) is 14.4. The zero-order valence-corrected chi connectivity index (χ0v) is 12.0. The molecule has 2 atom stereocenters. The molecule has 0 aromatic rings. The van der Waals surface area contributed by atoms with E-state index in [0.717, 1.165) is 0 Å². The van der Waals surface area contributed by atoms with Crippen molar-refractivity contribution in [1.82, 2.24) is 0 Å². The molecular weight excluding hydrogens is 264 g/mol. The van der Waals surface area contributed by atoms with Gasteiger partial charge in [-0.15, -0.1) is 0 Å². The number of carbonyl (C=O) groups excluding carboxylic acids is 2. The molecule has 110 valence electrons. The van der Waals surface area contributed by atoms with E-state index in [1.54, 1.807) is 27.7 Å². The van der Waals surface area contributed by atoms with Gasteiger partial charge in [0.1, 0.15) is 22.7 Å². The molecule has 0 radical (unpaired) electrons. The molecule has 0 saturated carbocycles. The van der Waals surface area contributed by atoms with Crippen LogP contribution in [0.2, 0.25) is 0 Å². The number of esters is 2. The Kier molecular flexibility index (Phi) is 4.01. The molecule has 0 unspecified atom stereocenters. The van der Waals surface area contributed by atoms with Gasteiger partial charge in [-0.2, -0.15) is 0 Å². The summed E-state index contributed by atoms with van der Waals surface area (Å²) in [6.45, 7) is 7.31. The lowest BCUT2D eigenvalue weighted by Crippen LogP contribution is -2.29. The Morgan fingerprint density at radius 3 is 1.55 bits per heavy atom. The maximum absolute atomic E-state index is 11.9. The summed E-state index contributed by atoms with van der Waals surface area (Å²) >= 11 is 0. The van der Waals surface area contributed by atoms with E-state index in [-0.39, 0.29) is 13.2 Å². The number of fused-ring (bicyclic) bond motifs is 1. The summed E-state index contributed by atoms with van der Waals surface area (Å²) in [6, 6.07) is 0. The van der Waals surface area contributed by atoms with Gasteiger partial charge in [-0.05, 0) is 27.7 Å². The summed E-state index contributed by atoms with van der Waals surface area (Å²) in [6.07, 6.45) is -1.26. The van der Waals surface area contributed by atoms with E-state index in [1.807, 2.05) is 0 Å². The second-order valence-corrected chi connectivity index (χ2v) is 4.46.